The highest BCUT2D eigenvalue weighted by atomic mass is 35.5. The minimum Gasteiger partial charge on any atom is -0.486 e. The highest BCUT2D eigenvalue weighted by Gasteiger charge is 2.25. The van der Waals surface area contributed by atoms with E-state index in [-0.39, 0.29) is 4.90 Å². The molecule has 0 atom stereocenters. The number of para-hydroxylation sites is 1. The van der Waals surface area contributed by atoms with Crippen LogP contribution in [0.1, 0.15) is 0 Å². The second-order valence-electron chi connectivity index (χ2n) is 4.73. The molecule has 2 aromatic rings. The van der Waals surface area contributed by atoms with Gasteiger partial charge in [-0.05, 0) is 24.3 Å². The van der Waals surface area contributed by atoms with Crippen LogP contribution in [0.5, 0.6) is 11.5 Å². The Kier molecular flexibility index (Phi) is 3.88. The number of hydrogen-bond acceptors (Lipinski definition) is 4. The molecule has 1 heterocycles. The van der Waals surface area contributed by atoms with E-state index < -0.39 is 10.0 Å². The highest BCUT2D eigenvalue weighted by Crippen LogP contribution is 2.35. The molecule has 0 unspecified atom stereocenters. The van der Waals surface area contributed by atoms with E-state index in [1.54, 1.807) is 30.3 Å². The predicted octanol–water partition coefficient (Wildman–Crippen LogP) is 2.94. The lowest BCUT2D eigenvalue weighted by atomic mass is 10.3. The first-order valence-electron chi connectivity index (χ1n) is 6.63. The maximum atomic E-state index is 12.7. The number of hydrogen-bond donors (Lipinski definition) is 0. The average molecular weight is 340 g/mol. The molecule has 3 rings (SSSR count). The third-order valence-corrected chi connectivity index (χ3v) is 5.45. The van der Waals surface area contributed by atoms with Crippen molar-refractivity contribution in [2.24, 2.45) is 0 Å². The van der Waals surface area contributed by atoms with Crippen molar-refractivity contribution in [3.63, 3.8) is 0 Å². The van der Waals surface area contributed by atoms with Gasteiger partial charge in [0.25, 0.3) is 10.0 Å². The second kappa shape index (κ2) is 5.70. The normalized spacial score (nSPS) is 13.7. The molecule has 0 aromatic heterocycles. The molecule has 0 radical (unpaired) electrons. The first kappa shape index (κ1) is 15.0. The number of anilines is 1. The summed E-state index contributed by atoms with van der Waals surface area (Å²) in [6.07, 6.45) is 0. The zero-order chi connectivity index (χ0) is 15.7. The summed E-state index contributed by atoms with van der Waals surface area (Å²) in [6, 6.07) is 11.3. The molecule has 2 aromatic carbocycles. The maximum Gasteiger partial charge on any atom is 0.264 e. The van der Waals surface area contributed by atoms with Gasteiger partial charge in [-0.2, -0.15) is 0 Å². The average Bonchev–Trinajstić information content (AvgIpc) is 2.54. The molecule has 7 heteroatoms. The van der Waals surface area contributed by atoms with Gasteiger partial charge in [-0.15, -0.1) is 0 Å². The molecule has 0 saturated heterocycles. The fraction of sp³-hybridized carbons (Fsp3) is 0.200. The first-order chi connectivity index (χ1) is 10.5. The lowest BCUT2D eigenvalue weighted by Gasteiger charge is -2.22. The van der Waals surface area contributed by atoms with Crippen LogP contribution in [0.2, 0.25) is 5.02 Å². The molecule has 116 valence electrons. The summed E-state index contributed by atoms with van der Waals surface area (Å²) in [5, 5.41) is 0.367. The minimum absolute atomic E-state index is 0.124. The second-order valence-corrected chi connectivity index (χ2v) is 7.11. The van der Waals surface area contributed by atoms with E-state index in [0.29, 0.717) is 35.4 Å². The third-order valence-electron chi connectivity index (χ3n) is 3.36. The predicted molar refractivity (Wildman–Crippen MR) is 84.5 cm³/mol. The maximum absolute atomic E-state index is 12.7. The van der Waals surface area contributed by atoms with Crippen LogP contribution >= 0.6 is 11.6 Å². The highest BCUT2D eigenvalue weighted by molar-refractivity contribution is 7.92. The van der Waals surface area contributed by atoms with Gasteiger partial charge >= 0.3 is 0 Å². The van der Waals surface area contributed by atoms with Crippen LogP contribution in [-0.2, 0) is 10.0 Å². The fourth-order valence-corrected chi connectivity index (χ4v) is 3.72. The fourth-order valence-electron chi connectivity index (χ4n) is 2.18. The molecule has 0 saturated carbocycles. The number of nitrogens with zero attached hydrogens (tertiary/aromatic N) is 1. The van der Waals surface area contributed by atoms with Crippen molar-refractivity contribution < 1.29 is 17.9 Å². The van der Waals surface area contributed by atoms with Crippen LogP contribution in [0.4, 0.5) is 5.69 Å². The first-order valence-corrected chi connectivity index (χ1v) is 8.45. The van der Waals surface area contributed by atoms with Crippen molar-refractivity contribution in [3.05, 3.63) is 47.5 Å². The SMILES string of the molecule is CN(c1ccccc1Cl)S(=O)(=O)c1ccc2c(c1)OCCO2. The van der Waals surface area contributed by atoms with Crippen molar-refractivity contribution in [1.29, 1.82) is 0 Å². The summed E-state index contributed by atoms with van der Waals surface area (Å²) < 4.78 is 37.5. The van der Waals surface area contributed by atoms with Crippen LogP contribution in [-0.4, -0.2) is 28.7 Å². The van der Waals surface area contributed by atoms with Crippen LogP contribution in [0.25, 0.3) is 0 Å². The Bertz CT molecular complexity index is 807. The number of ether oxygens (including phenoxy) is 2. The Morgan fingerprint density at radius 2 is 1.73 bits per heavy atom. The molecule has 0 amide bonds. The monoisotopic (exact) mass is 339 g/mol. The van der Waals surface area contributed by atoms with Crippen molar-refractivity contribution >= 4 is 27.3 Å². The van der Waals surface area contributed by atoms with Gasteiger partial charge in [0.1, 0.15) is 13.2 Å². The number of rotatable bonds is 3. The summed E-state index contributed by atoms with van der Waals surface area (Å²) in [5.41, 5.74) is 0.416. The van der Waals surface area contributed by atoms with Gasteiger partial charge in [0.2, 0.25) is 0 Å². The molecule has 1 aliphatic rings. The lowest BCUT2D eigenvalue weighted by Crippen LogP contribution is -2.27. The summed E-state index contributed by atoms with van der Waals surface area (Å²) in [4.78, 5) is 0.124. The number of sulfonamides is 1. The molecule has 0 spiro atoms. The molecule has 5 nitrogen and oxygen atoms in total. The molecule has 0 bridgehead atoms. The summed E-state index contributed by atoms with van der Waals surface area (Å²) in [5.74, 6) is 0.977. The molecule has 0 aliphatic carbocycles. The molecule has 1 aliphatic heterocycles. The topological polar surface area (TPSA) is 55.8 Å². The number of halogens is 1. The Hall–Kier alpha value is -1.92. The van der Waals surface area contributed by atoms with E-state index in [2.05, 4.69) is 0 Å². The van der Waals surface area contributed by atoms with E-state index in [1.807, 2.05) is 0 Å². The Morgan fingerprint density at radius 3 is 2.45 bits per heavy atom. The molecule has 0 fully saturated rings. The van der Waals surface area contributed by atoms with Gasteiger partial charge in [-0.25, -0.2) is 8.42 Å². The Labute approximate surface area is 134 Å². The number of benzene rings is 2. The van der Waals surface area contributed by atoms with Crippen molar-refractivity contribution in [2.75, 3.05) is 24.6 Å². The zero-order valence-corrected chi connectivity index (χ0v) is 13.4. The quantitative estimate of drug-likeness (QED) is 0.862. The van der Waals surface area contributed by atoms with Crippen molar-refractivity contribution in [3.8, 4) is 11.5 Å². The van der Waals surface area contributed by atoms with Gasteiger partial charge in [-0.3, -0.25) is 4.31 Å². The van der Waals surface area contributed by atoms with Gasteiger partial charge in [0.15, 0.2) is 11.5 Å². The summed E-state index contributed by atoms with van der Waals surface area (Å²) in [7, 11) is -2.27. The summed E-state index contributed by atoms with van der Waals surface area (Å²) >= 11 is 6.08. The minimum atomic E-state index is -3.73. The van der Waals surface area contributed by atoms with E-state index >= 15 is 0 Å². The Morgan fingerprint density at radius 1 is 1.05 bits per heavy atom. The van der Waals surface area contributed by atoms with Gasteiger partial charge in [0, 0.05) is 13.1 Å². The smallest absolute Gasteiger partial charge is 0.264 e. The van der Waals surface area contributed by atoms with Gasteiger partial charge in [-0.1, -0.05) is 23.7 Å². The lowest BCUT2D eigenvalue weighted by molar-refractivity contribution is 0.171. The van der Waals surface area contributed by atoms with Crippen molar-refractivity contribution in [2.45, 2.75) is 4.90 Å². The molecule has 0 N–H and O–H groups in total. The van der Waals surface area contributed by atoms with E-state index in [4.69, 9.17) is 21.1 Å². The van der Waals surface area contributed by atoms with Gasteiger partial charge < -0.3 is 9.47 Å². The third kappa shape index (κ3) is 2.60. The van der Waals surface area contributed by atoms with E-state index in [0.717, 1.165) is 4.31 Å². The number of fused-ring (bicyclic) bond motifs is 1. The molecule has 22 heavy (non-hydrogen) atoms. The van der Waals surface area contributed by atoms with E-state index in [9.17, 15) is 8.42 Å². The van der Waals surface area contributed by atoms with Crippen LogP contribution in [0, 0.1) is 0 Å². The zero-order valence-electron chi connectivity index (χ0n) is 11.8. The van der Waals surface area contributed by atoms with Crippen LogP contribution in [0.3, 0.4) is 0 Å². The summed E-state index contributed by atoms with van der Waals surface area (Å²) in [6.45, 7) is 0.857. The largest absolute Gasteiger partial charge is 0.486 e. The van der Waals surface area contributed by atoms with E-state index in [1.165, 1.54) is 19.2 Å². The van der Waals surface area contributed by atoms with Crippen LogP contribution in [0.15, 0.2) is 47.4 Å². The van der Waals surface area contributed by atoms with Crippen LogP contribution < -0.4 is 13.8 Å². The standard InChI is InChI=1S/C15H14ClNO4S/c1-17(13-5-3-2-4-12(13)16)22(18,19)11-6-7-14-15(10-11)21-9-8-20-14/h2-7,10H,8-9H2,1H3. The molecular weight excluding hydrogens is 326 g/mol. The Balaban J connectivity index is 2.01. The van der Waals surface area contributed by atoms with Crippen molar-refractivity contribution in [1.82, 2.24) is 0 Å². The molecular formula is C15H14ClNO4S. The van der Waals surface area contributed by atoms with Gasteiger partial charge in [0.05, 0.1) is 15.6 Å².